The number of hydrogen-bond donors (Lipinski definition) is 1. The highest BCUT2D eigenvalue weighted by atomic mass is 79.9. The summed E-state index contributed by atoms with van der Waals surface area (Å²) in [5, 5.41) is 2.47. The van der Waals surface area contributed by atoms with E-state index in [0.29, 0.717) is 6.42 Å². The quantitative estimate of drug-likeness (QED) is 0.867. The topological polar surface area (TPSA) is 46.2 Å². The van der Waals surface area contributed by atoms with E-state index in [-0.39, 0.29) is 23.1 Å². The van der Waals surface area contributed by atoms with Gasteiger partial charge in [0.2, 0.25) is 11.8 Å². The highest BCUT2D eigenvalue weighted by Gasteiger charge is 2.45. The Bertz CT molecular complexity index is 497. The van der Waals surface area contributed by atoms with E-state index >= 15 is 0 Å². The summed E-state index contributed by atoms with van der Waals surface area (Å²) in [6.45, 7) is 4.13. The largest absolute Gasteiger partial charge is 0.296 e. The predicted octanol–water partition coefficient (Wildman–Crippen LogP) is 3.39. The van der Waals surface area contributed by atoms with Gasteiger partial charge in [0.25, 0.3) is 0 Å². The molecule has 1 saturated heterocycles. The highest BCUT2D eigenvalue weighted by molar-refractivity contribution is 9.10. The van der Waals surface area contributed by atoms with Crippen molar-refractivity contribution in [2.24, 2.45) is 5.41 Å². The van der Waals surface area contributed by atoms with Crippen molar-refractivity contribution in [2.45, 2.75) is 39.0 Å². The van der Waals surface area contributed by atoms with Crippen LogP contribution in [-0.4, -0.2) is 11.8 Å². The van der Waals surface area contributed by atoms with E-state index in [4.69, 9.17) is 0 Å². The van der Waals surface area contributed by atoms with Gasteiger partial charge in [-0.1, -0.05) is 48.3 Å². The summed E-state index contributed by atoms with van der Waals surface area (Å²) in [4.78, 5) is 23.9. The number of rotatable bonds is 3. The van der Waals surface area contributed by atoms with Gasteiger partial charge < -0.3 is 0 Å². The fourth-order valence-corrected chi connectivity index (χ4v) is 3.32. The van der Waals surface area contributed by atoms with Crippen LogP contribution >= 0.6 is 15.9 Å². The van der Waals surface area contributed by atoms with Gasteiger partial charge in [0.15, 0.2) is 0 Å². The summed E-state index contributed by atoms with van der Waals surface area (Å²) in [7, 11) is 0. The van der Waals surface area contributed by atoms with Crippen LogP contribution in [0.1, 0.15) is 44.6 Å². The zero-order chi connectivity index (χ0) is 14.0. The molecule has 1 aromatic rings. The van der Waals surface area contributed by atoms with Crippen LogP contribution in [0.25, 0.3) is 0 Å². The maximum absolute atomic E-state index is 12.2. The van der Waals surface area contributed by atoms with Crippen molar-refractivity contribution in [3.63, 3.8) is 0 Å². The maximum Gasteiger partial charge on any atom is 0.234 e. The Morgan fingerprint density at radius 2 is 1.95 bits per heavy atom. The van der Waals surface area contributed by atoms with Crippen molar-refractivity contribution in [2.75, 3.05) is 0 Å². The molecule has 1 fully saturated rings. The van der Waals surface area contributed by atoms with Crippen molar-refractivity contribution in [1.29, 1.82) is 0 Å². The Morgan fingerprint density at radius 3 is 2.53 bits per heavy atom. The van der Waals surface area contributed by atoms with E-state index < -0.39 is 0 Å². The summed E-state index contributed by atoms with van der Waals surface area (Å²) in [6.07, 6.45) is 2.24. The van der Waals surface area contributed by atoms with E-state index in [1.165, 1.54) is 0 Å². The minimum atomic E-state index is -0.290. The number of halogens is 1. The SMILES string of the molecule is CCCC1(C)CC(=O)NC(=O)C1c1ccc(Br)cc1. The molecule has 3 nitrogen and oxygen atoms in total. The monoisotopic (exact) mass is 323 g/mol. The molecule has 1 aromatic carbocycles. The van der Waals surface area contributed by atoms with Gasteiger partial charge in [-0.25, -0.2) is 0 Å². The molecule has 0 spiro atoms. The molecule has 1 aliphatic heterocycles. The molecule has 1 aliphatic rings. The van der Waals surface area contributed by atoms with Gasteiger partial charge in [-0.05, 0) is 29.5 Å². The second-order valence-electron chi connectivity index (χ2n) is 5.48. The van der Waals surface area contributed by atoms with E-state index in [2.05, 4.69) is 28.2 Å². The average molecular weight is 324 g/mol. The molecule has 2 unspecified atom stereocenters. The first-order chi connectivity index (χ1) is 8.96. The van der Waals surface area contributed by atoms with Crippen molar-refractivity contribution >= 4 is 27.7 Å². The second kappa shape index (κ2) is 5.45. The van der Waals surface area contributed by atoms with Crippen LogP contribution in [0.3, 0.4) is 0 Å². The molecule has 0 radical (unpaired) electrons. The number of benzene rings is 1. The Morgan fingerprint density at radius 1 is 1.32 bits per heavy atom. The molecule has 2 rings (SSSR count). The van der Waals surface area contributed by atoms with Crippen LogP contribution in [0.2, 0.25) is 0 Å². The molecule has 4 heteroatoms. The molecule has 1 heterocycles. The molecule has 0 bridgehead atoms. The van der Waals surface area contributed by atoms with Crippen LogP contribution in [0, 0.1) is 5.41 Å². The van der Waals surface area contributed by atoms with Gasteiger partial charge in [0, 0.05) is 10.9 Å². The molecular formula is C15H18BrNO2. The Balaban J connectivity index is 2.40. The fourth-order valence-electron chi connectivity index (χ4n) is 3.05. The van der Waals surface area contributed by atoms with Crippen LogP contribution in [0.4, 0.5) is 0 Å². The Hall–Kier alpha value is -1.16. The smallest absolute Gasteiger partial charge is 0.234 e. The predicted molar refractivity (Wildman–Crippen MR) is 77.7 cm³/mol. The van der Waals surface area contributed by atoms with Crippen LogP contribution in [-0.2, 0) is 9.59 Å². The standard InChI is InChI=1S/C15H18BrNO2/c1-3-8-15(2)9-12(18)17-14(19)13(15)10-4-6-11(16)7-5-10/h4-7,13H,3,8-9H2,1-2H3,(H,17,18,19). The first kappa shape index (κ1) is 14.3. The maximum atomic E-state index is 12.2. The number of amides is 2. The highest BCUT2D eigenvalue weighted by Crippen LogP contribution is 2.45. The van der Waals surface area contributed by atoms with Gasteiger partial charge in [0.1, 0.15) is 0 Å². The Kier molecular flexibility index (Phi) is 4.09. The van der Waals surface area contributed by atoms with Crippen molar-refractivity contribution in [1.82, 2.24) is 5.32 Å². The summed E-state index contributed by atoms with van der Waals surface area (Å²) < 4.78 is 0.987. The molecule has 0 aromatic heterocycles. The van der Waals surface area contributed by atoms with E-state index in [1.807, 2.05) is 31.2 Å². The van der Waals surface area contributed by atoms with Crippen molar-refractivity contribution in [3.8, 4) is 0 Å². The number of carbonyl (C=O) groups excluding carboxylic acids is 2. The average Bonchev–Trinajstić information content (AvgIpc) is 2.30. The third-order valence-electron chi connectivity index (χ3n) is 3.81. The summed E-state index contributed by atoms with van der Waals surface area (Å²) in [5.41, 5.74) is 0.686. The molecule has 102 valence electrons. The van der Waals surface area contributed by atoms with Gasteiger partial charge >= 0.3 is 0 Å². The first-order valence-electron chi connectivity index (χ1n) is 6.55. The molecular weight excluding hydrogens is 306 g/mol. The zero-order valence-corrected chi connectivity index (χ0v) is 12.8. The van der Waals surface area contributed by atoms with Crippen LogP contribution < -0.4 is 5.32 Å². The van der Waals surface area contributed by atoms with Crippen LogP contribution in [0.15, 0.2) is 28.7 Å². The molecule has 2 amide bonds. The molecule has 19 heavy (non-hydrogen) atoms. The molecule has 0 saturated carbocycles. The van der Waals surface area contributed by atoms with Crippen LogP contribution in [0.5, 0.6) is 0 Å². The number of piperidine rings is 1. The molecule has 0 aliphatic carbocycles. The Labute approximate surface area is 121 Å². The van der Waals surface area contributed by atoms with Gasteiger partial charge in [-0.15, -0.1) is 0 Å². The third kappa shape index (κ3) is 2.89. The number of carbonyl (C=O) groups is 2. The number of hydrogen-bond acceptors (Lipinski definition) is 2. The second-order valence-corrected chi connectivity index (χ2v) is 6.39. The number of imide groups is 1. The van der Waals surface area contributed by atoms with Crippen molar-refractivity contribution in [3.05, 3.63) is 34.3 Å². The summed E-state index contributed by atoms with van der Waals surface area (Å²) in [5.74, 6) is -0.581. The zero-order valence-electron chi connectivity index (χ0n) is 11.2. The lowest BCUT2D eigenvalue weighted by molar-refractivity contribution is -0.139. The lowest BCUT2D eigenvalue weighted by Crippen LogP contribution is -2.49. The summed E-state index contributed by atoms with van der Waals surface area (Å²) >= 11 is 3.40. The van der Waals surface area contributed by atoms with E-state index in [9.17, 15) is 9.59 Å². The third-order valence-corrected chi connectivity index (χ3v) is 4.34. The van der Waals surface area contributed by atoms with Crippen molar-refractivity contribution < 1.29 is 9.59 Å². The number of nitrogens with one attached hydrogen (secondary N) is 1. The lowest BCUT2D eigenvalue weighted by Gasteiger charge is -2.40. The molecule has 2 atom stereocenters. The summed E-state index contributed by atoms with van der Waals surface area (Å²) in [6, 6.07) is 7.78. The molecule has 1 N–H and O–H groups in total. The van der Waals surface area contributed by atoms with Gasteiger partial charge in [-0.3, -0.25) is 14.9 Å². The lowest BCUT2D eigenvalue weighted by atomic mass is 9.66. The fraction of sp³-hybridized carbons (Fsp3) is 0.467. The minimum absolute atomic E-state index is 0.158. The minimum Gasteiger partial charge on any atom is -0.296 e. The normalized spacial score (nSPS) is 27.2. The van der Waals surface area contributed by atoms with E-state index in [0.717, 1.165) is 22.9 Å². The van der Waals surface area contributed by atoms with Gasteiger partial charge in [-0.2, -0.15) is 0 Å². The first-order valence-corrected chi connectivity index (χ1v) is 7.35. The van der Waals surface area contributed by atoms with E-state index in [1.54, 1.807) is 0 Å². The van der Waals surface area contributed by atoms with Gasteiger partial charge in [0.05, 0.1) is 5.92 Å².